The van der Waals surface area contributed by atoms with Crippen LogP contribution >= 0.6 is 0 Å². The first-order valence-electron chi connectivity index (χ1n) is 4.16. The largest absolute Gasteiger partial charge is 2.00 e. The van der Waals surface area contributed by atoms with Crippen LogP contribution in [0.5, 0.6) is 0 Å². The molecule has 4 nitrogen and oxygen atoms in total. The Morgan fingerprint density at radius 2 is 1.50 bits per heavy atom. The number of carbonyl (C=O) groups excluding carboxylic acids is 2. The number of carboxylic acids is 2. The molecule has 0 radical (unpaired) electrons. The summed E-state index contributed by atoms with van der Waals surface area (Å²) in [6.07, 6.45) is 0.577. The first-order chi connectivity index (χ1) is 5.74. The van der Waals surface area contributed by atoms with Crippen LogP contribution in [0.1, 0.15) is 33.6 Å². The molecule has 14 heavy (non-hydrogen) atoms. The van der Waals surface area contributed by atoms with Crippen molar-refractivity contribution in [2.24, 2.45) is 11.3 Å². The van der Waals surface area contributed by atoms with Gasteiger partial charge in [-0.15, -0.1) is 0 Å². The topological polar surface area (TPSA) is 80.3 Å². The number of hydrogen-bond acceptors (Lipinski definition) is 4. The van der Waals surface area contributed by atoms with Crippen molar-refractivity contribution in [3.63, 3.8) is 0 Å². The first-order valence-corrected chi connectivity index (χ1v) is 4.16. The van der Waals surface area contributed by atoms with Gasteiger partial charge in [-0.25, -0.2) is 0 Å². The summed E-state index contributed by atoms with van der Waals surface area (Å²) in [7, 11) is 0. The Labute approximate surface area is 124 Å². The maximum atomic E-state index is 10.3. The fraction of sp³-hybridized carbons (Fsp3) is 0.778. The van der Waals surface area contributed by atoms with E-state index in [1.54, 1.807) is 0 Å². The predicted octanol–water partition coefficient (Wildman–Crippen LogP) is -1.45. The minimum absolute atomic E-state index is 0. The molecule has 0 unspecified atom stereocenters. The van der Waals surface area contributed by atoms with Crippen LogP contribution in [0, 0.1) is 11.3 Å². The van der Waals surface area contributed by atoms with Gasteiger partial charge in [0, 0.05) is 5.92 Å². The Balaban J connectivity index is 0. The van der Waals surface area contributed by atoms with Crippen LogP contribution in [0.2, 0.25) is 0 Å². The molecule has 0 rings (SSSR count). The van der Waals surface area contributed by atoms with Crippen LogP contribution in [0.3, 0.4) is 0 Å². The number of carbonyl (C=O) groups is 2. The van der Waals surface area contributed by atoms with Crippen LogP contribution in [0.25, 0.3) is 0 Å². The van der Waals surface area contributed by atoms with E-state index in [4.69, 9.17) is 0 Å². The molecule has 0 fully saturated rings. The minimum atomic E-state index is -1.57. The summed E-state index contributed by atoms with van der Waals surface area (Å²) in [4.78, 5) is 20.7. The van der Waals surface area contributed by atoms with Gasteiger partial charge in [-0.2, -0.15) is 0 Å². The zero-order chi connectivity index (χ0) is 10.6. The minimum Gasteiger partial charge on any atom is -0.549 e. The maximum Gasteiger partial charge on any atom is 2.00 e. The van der Waals surface area contributed by atoms with Gasteiger partial charge in [0.25, 0.3) is 0 Å². The fourth-order valence-corrected chi connectivity index (χ4v) is 0.909. The van der Waals surface area contributed by atoms with Gasteiger partial charge in [-0.1, -0.05) is 20.8 Å². The van der Waals surface area contributed by atoms with Gasteiger partial charge in [0.1, 0.15) is 0 Å². The molecular weight excluding hydrogens is 309 g/mol. The van der Waals surface area contributed by atoms with Crippen LogP contribution in [0.4, 0.5) is 0 Å². The van der Waals surface area contributed by atoms with Crippen molar-refractivity contribution in [3.8, 4) is 0 Å². The van der Waals surface area contributed by atoms with Crippen LogP contribution in [-0.2, 0) is 9.59 Å². The van der Waals surface area contributed by atoms with Gasteiger partial charge in [0.2, 0.25) is 0 Å². The second-order valence-corrected chi connectivity index (χ2v) is 4.29. The molecule has 0 heterocycles. The van der Waals surface area contributed by atoms with E-state index in [-0.39, 0.29) is 60.7 Å². The summed E-state index contributed by atoms with van der Waals surface area (Å²) in [5.41, 5.74) is -0.0802. The summed E-state index contributed by atoms with van der Waals surface area (Å²) in [5.74, 6) is -4.62. The summed E-state index contributed by atoms with van der Waals surface area (Å²) in [6.45, 7) is 5.73. The van der Waals surface area contributed by atoms with Gasteiger partial charge < -0.3 is 19.8 Å². The van der Waals surface area contributed by atoms with E-state index in [0.29, 0.717) is 6.42 Å². The Hall–Kier alpha value is 0.511. The predicted molar refractivity (Wildman–Crippen MR) is 47.9 cm³/mol. The second-order valence-electron chi connectivity index (χ2n) is 4.29. The quantitative estimate of drug-likeness (QED) is 0.468. The van der Waals surface area contributed by atoms with Gasteiger partial charge >= 0.3 is 48.9 Å². The number of rotatable bonds is 4. The fourth-order valence-electron chi connectivity index (χ4n) is 0.909. The van der Waals surface area contributed by atoms with Gasteiger partial charge in [-0.05, 0) is 18.3 Å². The Morgan fingerprint density at radius 3 is 1.71 bits per heavy atom. The molecule has 0 atom stereocenters. The van der Waals surface area contributed by atoms with Crippen molar-refractivity contribution in [2.75, 3.05) is 0 Å². The van der Waals surface area contributed by atoms with Crippen molar-refractivity contribution >= 4 is 60.8 Å². The summed E-state index contributed by atoms with van der Waals surface area (Å²) < 4.78 is 0. The summed E-state index contributed by atoms with van der Waals surface area (Å²) in [5, 5.41) is 20.7. The third-order valence-electron chi connectivity index (χ3n) is 1.75. The van der Waals surface area contributed by atoms with Crippen LogP contribution in [-0.4, -0.2) is 60.8 Å². The van der Waals surface area contributed by atoms with Crippen LogP contribution < -0.4 is 10.2 Å². The third kappa shape index (κ3) is 7.87. The molecule has 0 aliphatic heterocycles. The number of aliphatic carboxylic acids is 2. The molecule has 0 bridgehead atoms. The molecule has 0 aliphatic carbocycles. The number of carboxylic acid groups (broad SMARTS) is 2. The Bertz CT molecular complexity index is 193. The van der Waals surface area contributed by atoms with E-state index in [0.717, 1.165) is 0 Å². The van der Waals surface area contributed by atoms with Crippen molar-refractivity contribution in [1.82, 2.24) is 0 Å². The SMILES string of the molecule is CC(C)(C)CCC(C(=O)[O-])C(=O)[O-].[Ba+2]. The molecule has 0 aromatic carbocycles. The van der Waals surface area contributed by atoms with Crippen molar-refractivity contribution < 1.29 is 19.8 Å². The van der Waals surface area contributed by atoms with E-state index in [2.05, 4.69) is 0 Å². The van der Waals surface area contributed by atoms with Crippen molar-refractivity contribution in [2.45, 2.75) is 33.6 Å². The molecule has 0 saturated heterocycles. The Morgan fingerprint density at radius 1 is 1.14 bits per heavy atom. The molecule has 0 aromatic heterocycles. The molecule has 0 amide bonds. The molecule has 76 valence electrons. The van der Waals surface area contributed by atoms with E-state index in [1.165, 1.54) is 0 Å². The average molecular weight is 324 g/mol. The molecule has 0 N–H and O–H groups in total. The number of hydrogen-bond donors (Lipinski definition) is 0. The molecule has 5 heteroatoms. The average Bonchev–Trinajstić information content (AvgIpc) is 1.82. The molecule has 0 aromatic rings. The van der Waals surface area contributed by atoms with Gasteiger partial charge in [-0.3, -0.25) is 0 Å². The molecular formula is C9H14BaO4. The van der Waals surface area contributed by atoms with E-state index >= 15 is 0 Å². The van der Waals surface area contributed by atoms with E-state index in [1.807, 2.05) is 20.8 Å². The summed E-state index contributed by atoms with van der Waals surface area (Å²) in [6, 6.07) is 0. The summed E-state index contributed by atoms with van der Waals surface area (Å²) >= 11 is 0. The van der Waals surface area contributed by atoms with Gasteiger partial charge in [0.15, 0.2) is 0 Å². The molecule has 0 saturated carbocycles. The maximum absolute atomic E-state index is 10.3. The normalized spacial score (nSPS) is 10.9. The monoisotopic (exact) mass is 324 g/mol. The van der Waals surface area contributed by atoms with Crippen molar-refractivity contribution in [1.29, 1.82) is 0 Å². The van der Waals surface area contributed by atoms with Crippen molar-refractivity contribution in [3.05, 3.63) is 0 Å². The third-order valence-corrected chi connectivity index (χ3v) is 1.75. The molecule has 0 aliphatic rings. The van der Waals surface area contributed by atoms with E-state index < -0.39 is 17.9 Å². The van der Waals surface area contributed by atoms with E-state index in [9.17, 15) is 19.8 Å². The van der Waals surface area contributed by atoms with Gasteiger partial charge in [0.05, 0.1) is 11.9 Å². The molecule has 0 spiro atoms. The smallest absolute Gasteiger partial charge is 0.549 e. The second kappa shape index (κ2) is 6.90. The first kappa shape index (κ1) is 16.9. The van der Waals surface area contributed by atoms with Crippen LogP contribution in [0.15, 0.2) is 0 Å². The zero-order valence-electron chi connectivity index (χ0n) is 8.83. The standard InChI is InChI=1S/C9H16O4.Ba/c1-9(2,3)5-4-6(7(10)11)8(12)13;/h6H,4-5H2,1-3H3,(H,10,11)(H,12,13);/q;+2/p-2. The zero-order valence-corrected chi connectivity index (χ0v) is 13.3. The Kier molecular flexibility index (Phi) is 8.34.